The molecule has 0 aliphatic carbocycles. The van der Waals surface area contributed by atoms with E-state index in [9.17, 15) is 9.90 Å². The van der Waals surface area contributed by atoms with Crippen molar-refractivity contribution in [1.29, 1.82) is 0 Å². The molecule has 1 N–H and O–H groups in total. The summed E-state index contributed by atoms with van der Waals surface area (Å²) in [5, 5.41) is 10.4. The predicted octanol–water partition coefficient (Wildman–Crippen LogP) is -2.18. The minimum absolute atomic E-state index is 0.0849. The monoisotopic (exact) mass is 187 g/mol. The zero-order valence-corrected chi connectivity index (χ0v) is 8.21. The molecule has 1 heterocycles. The number of hydrogen-bond donors (Lipinski definition) is 1. The van der Waals surface area contributed by atoms with Gasteiger partial charge < -0.3 is 19.5 Å². The summed E-state index contributed by atoms with van der Waals surface area (Å²) in [5.74, 6) is -1.12. The number of piperidine rings is 1. The van der Waals surface area contributed by atoms with Crippen LogP contribution in [0.25, 0.3) is 0 Å². The Bertz CT molecular complexity index is 184. The molecule has 4 nitrogen and oxygen atoms in total. The van der Waals surface area contributed by atoms with E-state index in [2.05, 4.69) is 7.05 Å². The van der Waals surface area contributed by atoms with Crippen molar-refractivity contribution < 1.29 is 19.5 Å². The molecule has 1 unspecified atom stereocenters. The van der Waals surface area contributed by atoms with Crippen LogP contribution in [0.2, 0.25) is 0 Å². The number of ether oxygens (including phenoxy) is 1. The lowest BCUT2D eigenvalue weighted by atomic mass is 10.1. The molecule has 3 atom stereocenters. The van der Waals surface area contributed by atoms with E-state index < -0.39 is 12.1 Å². The molecule has 0 bridgehead atoms. The Hall–Kier alpha value is -0.610. The molecule has 13 heavy (non-hydrogen) atoms. The number of aliphatic carboxylic acids is 1. The molecule has 0 aromatic carbocycles. The first kappa shape index (κ1) is 10.5. The topological polar surface area (TPSA) is 53.8 Å². The van der Waals surface area contributed by atoms with Gasteiger partial charge in [0.15, 0.2) is 0 Å². The largest absolute Gasteiger partial charge is 0.547 e. The van der Waals surface area contributed by atoms with E-state index in [1.807, 2.05) is 0 Å². The summed E-state index contributed by atoms with van der Waals surface area (Å²) in [6.45, 7) is 3.58. The van der Waals surface area contributed by atoms with Crippen LogP contribution in [-0.2, 0) is 9.53 Å². The zero-order valence-electron chi connectivity index (χ0n) is 8.21. The Morgan fingerprint density at radius 2 is 2.38 bits per heavy atom. The number of likely N-dealkylation sites (N-methyl/N-ethyl adjacent to an activating group) is 1. The van der Waals surface area contributed by atoms with Crippen LogP contribution in [0.5, 0.6) is 0 Å². The van der Waals surface area contributed by atoms with Crippen molar-refractivity contribution in [2.45, 2.75) is 32.0 Å². The van der Waals surface area contributed by atoms with Gasteiger partial charge in [-0.25, -0.2) is 0 Å². The third kappa shape index (κ3) is 3.32. The summed E-state index contributed by atoms with van der Waals surface area (Å²) in [7, 11) is 2.10. The Kier molecular flexibility index (Phi) is 3.69. The molecule has 1 aliphatic heterocycles. The van der Waals surface area contributed by atoms with E-state index >= 15 is 0 Å². The van der Waals surface area contributed by atoms with E-state index in [-0.39, 0.29) is 6.10 Å². The molecule has 1 saturated heterocycles. The number of likely N-dealkylation sites (tertiary alicyclic amines) is 1. The second-order valence-electron chi connectivity index (χ2n) is 3.77. The molecule has 0 saturated carbocycles. The first-order chi connectivity index (χ1) is 6.09. The van der Waals surface area contributed by atoms with Crippen LogP contribution in [0.4, 0.5) is 0 Å². The molecular formula is C9H17NO3. The Labute approximate surface area is 78.5 Å². The van der Waals surface area contributed by atoms with Gasteiger partial charge >= 0.3 is 0 Å². The second-order valence-corrected chi connectivity index (χ2v) is 3.77. The van der Waals surface area contributed by atoms with E-state index in [1.165, 1.54) is 11.8 Å². The number of carbonyl (C=O) groups excluding carboxylic acids is 1. The van der Waals surface area contributed by atoms with Gasteiger partial charge in [0.2, 0.25) is 0 Å². The lowest BCUT2D eigenvalue weighted by Crippen LogP contribution is -3.11. The maximum absolute atomic E-state index is 10.4. The summed E-state index contributed by atoms with van der Waals surface area (Å²) in [4.78, 5) is 11.8. The van der Waals surface area contributed by atoms with Gasteiger partial charge in [0.1, 0.15) is 12.6 Å². The van der Waals surface area contributed by atoms with Crippen molar-refractivity contribution in [3.63, 3.8) is 0 Å². The molecule has 0 amide bonds. The van der Waals surface area contributed by atoms with Gasteiger partial charge in [0.25, 0.3) is 0 Å². The molecule has 1 aliphatic rings. The van der Waals surface area contributed by atoms with Crippen molar-refractivity contribution in [2.24, 2.45) is 0 Å². The van der Waals surface area contributed by atoms with E-state index in [4.69, 9.17) is 4.74 Å². The number of carboxylic acids is 1. The summed E-state index contributed by atoms with van der Waals surface area (Å²) < 4.78 is 5.34. The Morgan fingerprint density at radius 1 is 1.69 bits per heavy atom. The van der Waals surface area contributed by atoms with Gasteiger partial charge in [-0.1, -0.05) is 0 Å². The zero-order chi connectivity index (χ0) is 9.84. The Morgan fingerprint density at radius 3 is 2.92 bits per heavy atom. The minimum atomic E-state index is -1.12. The van der Waals surface area contributed by atoms with Crippen LogP contribution in [0, 0.1) is 0 Å². The van der Waals surface area contributed by atoms with E-state index in [1.54, 1.807) is 0 Å². The maximum atomic E-state index is 10.4. The molecule has 1 fully saturated rings. The highest BCUT2D eigenvalue weighted by atomic mass is 16.5. The SMILES string of the molecule is C[C@@H](O[C@@H]1CCC[NH+](C)C1)C(=O)[O-]. The second kappa shape index (κ2) is 4.58. The fourth-order valence-corrected chi connectivity index (χ4v) is 1.68. The third-order valence-electron chi connectivity index (χ3n) is 2.43. The number of hydrogen-bond acceptors (Lipinski definition) is 3. The number of rotatable bonds is 3. The van der Waals surface area contributed by atoms with Crippen LogP contribution in [-0.4, -0.2) is 38.3 Å². The van der Waals surface area contributed by atoms with E-state index in [0.29, 0.717) is 0 Å². The van der Waals surface area contributed by atoms with Crippen molar-refractivity contribution >= 4 is 5.97 Å². The molecule has 0 aromatic heterocycles. The smallest absolute Gasteiger partial charge is 0.107 e. The normalized spacial score (nSPS) is 31.2. The van der Waals surface area contributed by atoms with Gasteiger partial charge in [-0.3, -0.25) is 0 Å². The quantitative estimate of drug-likeness (QED) is 0.546. The number of quaternary nitrogens is 1. The van der Waals surface area contributed by atoms with Crippen LogP contribution in [0.3, 0.4) is 0 Å². The Balaban J connectivity index is 2.31. The van der Waals surface area contributed by atoms with Gasteiger partial charge in [-0.2, -0.15) is 0 Å². The lowest BCUT2D eigenvalue weighted by Gasteiger charge is -2.29. The summed E-state index contributed by atoms with van der Waals surface area (Å²) in [6, 6.07) is 0. The highest BCUT2D eigenvalue weighted by molar-refractivity contribution is 5.69. The maximum Gasteiger partial charge on any atom is 0.107 e. The third-order valence-corrected chi connectivity index (χ3v) is 2.43. The lowest BCUT2D eigenvalue weighted by molar-refractivity contribution is -0.888. The van der Waals surface area contributed by atoms with Crippen molar-refractivity contribution in [3.8, 4) is 0 Å². The van der Waals surface area contributed by atoms with E-state index in [0.717, 1.165) is 25.9 Å². The highest BCUT2D eigenvalue weighted by Crippen LogP contribution is 2.05. The molecule has 76 valence electrons. The molecule has 1 rings (SSSR count). The van der Waals surface area contributed by atoms with Crippen LogP contribution < -0.4 is 10.0 Å². The van der Waals surface area contributed by atoms with Crippen molar-refractivity contribution in [2.75, 3.05) is 20.1 Å². The number of carbonyl (C=O) groups is 1. The average molecular weight is 187 g/mol. The summed E-state index contributed by atoms with van der Waals surface area (Å²) in [6.07, 6.45) is 1.38. The van der Waals surface area contributed by atoms with Crippen LogP contribution >= 0.6 is 0 Å². The van der Waals surface area contributed by atoms with Crippen molar-refractivity contribution in [3.05, 3.63) is 0 Å². The molecule has 0 aromatic rings. The van der Waals surface area contributed by atoms with Crippen LogP contribution in [0.1, 0.15) is 19.8 Å². The van der Waals surface area contributed by atoms with Gasteiger partial charge in [0, 0.05) is 0 Å². The molecule has 0 spiro atoms. The van der Waals surface area contributed by atoms with Gasteiger partial charge in [-0.15, -0.1) is 0 Å². The minimum Gasteiger partial charge on any atom is -0.547 e. The number of carboxylic acid groups (broad SMARTS) is 1. The molecular weight excluding hydrogens is 170 g/mol. The summed E-state index contributed by atoms with van der Waals surface area (Å²) in [5.41, 5.74) is 0. The standard InChI is InChI=1S/C9H17NO3/c1-7(9(11)12)13-8-4-3-5-10(2)6-8/h7-8H,3-6H2,1-2H3,(H,11,12)/t7-,8-/m1/s1. The molecule has 0 radical (unpaired) electrons. The first-order valence-electron chi connectivity index (χ1n) is 4.77. The number of nitrogens with one attached hydrogen (secondary N) is 1. The van der Waals surface area contributed by atoms with Gasteiger partial charge in [-0.05, 0) is 19.8 Å². The predicted molar refractivity (Wildman–Crippen MR) is 45.2 cm³/mol. The van der Waals surface area contributed by atoms with Gasteiger partial charge in [0.05, 0.1) is 25.7 Å². The fraction of sp³-hybridized carbons (Fsp3) is 0.889. The van der Waals surface area contributed by atoms with Crippen LogP contribution in [0.15, 0.2) is 0 Å². The van der Waals surface area contributed by atoms with Crippen molar-refractivity contribution in [1.82, 2.24) is 0 Å². The highest BCUT2D eigenvalue weighted by Gasteiger charge is 2.22. The fourth-order valence-electron chi connectivity index (χ4n) is 1.68. The molecule has 4 heteroatoms. The first-order valence-corrected chi connectivity index (χ1v) is 4.77. The average Bonchev–Trinajstić information content (AvgIpc) is 2.04. The summed E-state index contributed by atoms with van der Waals surface area (Å²) >= 11 is 0.